The van der Waals surface area contributed by atoms with Gasteiger partial charge in [0.2, 0.25) is 5.91 Å². The summed E-state index contributed by atoms with van der Waals surface area (Å²) in [6, 6.07) is 4.54. The average molecular weight is 273 g/mol. The molecule has 0 spiro atoms. The molecule has 0 aromatic heterocycles. The van der Waals surface area contributed by atoms with Gasteiger partial charge in [-0.05, 0) is 6.07 Å². The van der Waals surface area contributed by atoms with Gasteiger partial charge in [0.1, 0.15) is 5.88 Å². The van der Waals surface area contributed by atoms with E-state index in [-0.39, 0.29) is 17.5 Å². The molecule has 0 N–H and O–H groups in total. The molecule has 1 aliphatic rings. The molecule has 0 saturated heterocycles. The fourth-order valence-corrected chi connectivity index (χ4v) is 2.77. The lowest BCUT2D eigenvalue weighted by molar-refractivity contribution is -0.384. The third kappa shape index (κ3) is 2.37. The van der Waals surface area contributed by atoms with Crippen molar-refractivity contribution >= 4 is 40.6 Å². The summed E-state index contributed by atoms with van der Waals surface area (Å²) in [6.45, 7) is 0.532. The van der Waals surface area contributed by atoms with Crippen molar-refractivity contribution in [2.75, 3.05) is 23.1 Å². The summed E-state index contributed by atoms with van der Waals surface area (Å²) in [6.07, 6.45) is 0. The first-order valence-electron chi connectivity index (χ1n) is 4.91. The second-order valence-electron chi connectivity index (χ2n) is 3.44. The Hall–Kier alpha value is -1.27. The number of rotatable bonds is 2. The maximum absolute atomic E-state index is 11.6. The molecular weight excluding hydrogens is 264 g/mol. The van der Waals surface area contributed by atoms with Crippen molar-refractivity contribution in [1.82, 2.24) is 0 Å². The molecule has 7 heteroatoms. The van der Waals surface area contributed by atoms with Gasteiger partial charge in [-0.15, -0.1) is 23.4 Å². The minimum atomic E-state index is -0.469. The Labute approximate surface area is 107 Å². The number of alkyl halides is 1. The number of thioether (sulfide) groups is 1. The fourth-order valence-electron chi connectivity index (χ4n) is 1.65. The van der Waals surface area contributed by atoms with E-state index >= 15 is 0 Å². The quantitative estimate of drug-likeness (QED) is 0.471. The van der Waals surface area contributed by atoms with Crippen molar-refractivity contribution in [3.8, 4) is 0 Å². The number of nitro benzene ring substituents is 1. The van der Waals surface area contributed by atoms with Crippen LogP contribution >= 0.6 is 23.4 Å². The minimum absolute atomic E-state index is 0.0152. The van der Waals surface area contributed by atoms with E-state index in [1.807, 2.05) is 0 Å². The van der Waals surface area contributed by atoms with Crippen molar-refractivity contribution in [3.63, 3.8) is 0 Å². The Morgan fingerprint density at radius 3 is 3.00 bits per heavy atom. The summed E-state index contributed by atoms with van der Waals surface area (Å²) in [4.78, 5) is 24.2. The molecule has 1 aliphatic heterocycles. The average Bonchev–Trinajstić information content (AvgIpc) is 2.36. The maximum atomic E-state index is 11.6. The first kappa shape index (κ1) is 12.2. The molecule has 0 saturated carbocycles. The van der Waals surface area contributed by atoms with Gasteiger partial charge in [-0.25, -0.2) is 0 Å². The van der Waals surface area contributed by atoms with Crippen LogP contribution in [0.1, 0.15) is 0 Å². The number of hydrogen-bond donors (Lipinski definition) is 0. The molecule has 1 amide bonds. The lowest BCUT2D eigenvalue weighted by Gasteiger charge is -2.28. The van der Waals surface area contributed by atoms with Crippen LogP contribution in [0.3, 0.4) is 0 Å². The number of amides is 1. The number of carbonyl (C=O) groups excluding carboxylic acids is 1. The van der Waals surface area contributed by atoms with Gasteiger partial charge in [0.05, 0.1) is 10.6 Å². The van der Waals surface area contributed by atoms with E-state index in [0.29, 0.717) is 12.2 Å². The molecule has 0 fully saturated rings. The SMILES string of the molecule is O=C(CCl)N1CCSc2ccc([N+](=O)[O-])cc21. The van der Waals surface area contributed by atoms with Crippen LogP contribution in [-0.4, -0.2) is 29.0 Å². The molecule has 1 aromatic rings. The molecule has 0 aliphatic carbocycles. The predicted molar refractivity (Wildman–Crippen MR) is 66.9 cm³/mol. The lowest BCUT2D eigenvalue weighted by Crippen LogP contribution is -2.36. The summed E-state index contributed by atoms with van der Waals surface area (Å²) in [7, 11) is 0. The van der Waals surface area contributed by atoms with Gasteiger partial charge in [-0.2, -0.15) is 0 Å². The van der Waals surface area contributed by atoms with Crippen LogP contribution in [0.15, 0.2) is 23.1 Å². The molecule has 1 aromatic carbocycles. The minimum Gasteiger partial charge on any atom is -0.309 e. The molecule has 90 valence electrons. The van der Waals surface area contributed by atoms with E-state index < -0.39 is 4.92 Å². The number of nitrogens with zero attached hydrogens (tertiary/aromatic N) is 2. The number of non-ortho nitro benzene ring substituents is 1. The fraction of sp³-hybridized carbons (Fsp3) is 0.300. The molecule has 2 rings (SSSR count). The zero-order valence-electron chi connectivity index (χ0n) is 8.76. The topological polar surface area (TPSA) is 63.5 Å². The summed E-state index contributed by atoms with van der Waals surface area (Å²) < 4.78 is 0. The Balaban J connectivity index is 2.44. The first-order valence-corrected chi connectivity index (χ1v) is 6.43. The van der Waals surface area contributed by atoms with E-state index in [1.165, 1.54) is 17.0 Å². The molecule has 17 heavy (non-hydrogen) atoms. The van der Waals surface area contributed by atoms with Crippen LogP contribution in [0.5, 0.6) is 0 Å². The van der Waals surface area contributed by atoms with Gasteiger partial charge in [0, 0.05) is 29.3 Å². The molecule has 0 bridgehead atoms. The van der Waals surface area contributed by atoms with E-state index in [2.05, 4.69) is 0 Å². The summed E-state index contributed by atoms with van der Waals surface area (Å²) in [5.41, 5.74) is 0.569. The summed E-state index contributed by atoms with van der Waals surface area (Å²) in [5.74, 6) is 0.425. The number of fused-ring (bicyclic) bond motifs is 1. The van der Waals surface area contributed by atoms with E-state index in [4.69, 9.17) is 11.6 Å². The van der Waals surface area contributed by atoms with Gasteiger partial charge >= 0.3 is 0 Å². The predicted octanol–water partition coefficient (Wildman–Crippen LogP) is 2.27. The van der Waals surface area contributed by atoms with Crippen molar-refractivity contribution in [1.29, 1.82) is 0 Å². The first-order chi connectivity index (χ1) is 8.13. The zero-order chi connectivity index (χ0) is 12.4. The van der Waals surface area contributed by atoms with Gasteiger partial charge in [-0.3, -0.25) is 14.9 Å². The number of carbonyl (C=O) groups is 1. The van der Waals surface area contributed by atoms with Gasteiger partial charge in [-0.1, -0.05) is 0 Å². The second-order valence-corrected chi connectivity index (χ2v) is 4.84. The van der Waals surface area contributed by atoms with Crippen LogP contribution in [-0.2, 0) is 4.79 Å². The van der Waals surface area contributed by atoms with Crippen LogP contribution < -0.4 is 4.90 Å². The highest BCUT2D eigenvalue weighted by molar-refractivity contribution is 7.99. The van der Waals surface area contributed by atoms with Crippen molar-refractivity contribution in [3.05, 3.63) is 28.3 Å². The molecule has 0 unspecified atom stereocenters. The van der Waals surface area contributed by atoms with Crippen molar-refractivity contribution in [2.24, 2.45) is 0 Å². The number of halogens is 1. The van der Waals surface area contributed by atoms with E-state index in [1.54, 1.807) is 17.8 Å². The third-order valence-corrected chi connectivity index (χ3v) is 3.70. The summed E-state index contributed by atoms with van der Waals surface area (Å²) >= 11 is 7.10. The van der Waals surface area contributed by atoms with Crippen LogP contribution in [0.2, 0.25) is 0 Å². The Morgan fingerprint density at radius 2 is 2.35 bits per heavy atom. The highest BCUT2D eigenvalue weighted by Gasteiger charge is 2.24. The molecule has 0 atom stereocenters. The zero-order valence-corrected chi connectivity index (χ0v) is 10.3. The number of anilines is 1. The smallest absolute Gasteiger partial charge is 0.271 e. The third-order valence-electron chi connectivity index (χ3n) is 2.43. The highest BCUT2D eigenvalue weighted by Crippen LogP contribution is 2.37. The monoisotopic (exact) mass is 272 g/mol. The van der Waals surface area contributed by atoms with E-state index in [9.17, 15) is 14.9 Å². The maximum Gasteiger partial charge on any atom is 0.271 e. The summed E-state index contributed by atoms with van der Waals surface area (Å²) in [5, 5.41) is 10.7. The van der Waals surface area contributed by atoms with Crippen molar-refractivity contribution < 1.29 is 9.72 Å². The number of benzene rings is 1. The van der Waals surface area contributed by atoms with Gasteiger partial charge in [0.25, 0.3) is 5.69 Å². The molecule has 0 radical (unpaired) electrons. The lowest BCUT2D eigenvalue weighted by atomic mass is 10.2. The standard InChI is InChI=1S/C10H9ClN2O3S/c11-6-10(14)12-3-4-17-9-2-1-7(13(15)16)5-8(9)12/h1-2,5H,3-4,6H2. The number of nitro groups is 1. The van der Waals surface area contributed by atoms with Crippen molar-refractivity contribution in [2.45, 2.75) is 4.90 Å². The Bertz CT molecular complexity index is 481. The Morgan fingerprint density at radius 1 is 1.59 bits per heavy atom. The van der Waals surface area contributed by atoms with E-state index in [0.717, 1.165) is 10.6 Å². The molecule has 1 heterocycles. The van der Waals surface area contributed by atoms with Crippen LogP contribution in [0.25, 0.3) is 0 Å². The second kappa shape index (κ2) is 4.93. The highest BCUT2D eigenvalue weighted by atomic mass is 35.5. The molecule has 5 nitrogen and oxygen atoms in total. The normalized spacial score (nSPS) is 14.3. The largest absolute Gasteiger partial charge is 0.309 e. The van der Waals surface area contributed by atoms with Crippen LogP contribution in [0.4, 0.5) is 11.4 Å². The van der Waals surface area contributed by atoms with Gasteiger partial charge < -0.3 is 4.90 Å². The van der Waals surface area contributed by atoms with Gasteiger partial charge in [0.15, 0.2) is 0 Å². The molecular formula is C10H9ClN2O3S. The number of hydrogen-bond acceptors (Lipinski definition) is 4. The Kier molecular flexibility index (Phi) is 3.54. The van der Waals surface area contributed by atoms with Crippen LogP contribution in [0, 0.1) is 10.1 Å².